The van der Waals surface area contributed by atoms with Gasteiger partial charge in [-0.2, -0.15) is 0 Å². The summed E-state index contributed by atoms with van der Waals surface area (Å²) in [6, 6.07) is 8.27. The van der Waals surface area contributed by atoms with Gasteiger partial charge in [-0.3, -0.25) is 10.1 Å². The van der Waals surface area contributed by atoms with Crippen LogP contribution in [-0.4, -0.2) is 4.92 Å². The van der Waals surface area contributed by atoms with Crippen LogP contribution in [0.2, 0.25) is 5.02 Å². The molecule has 0 aromatic heterocycles. The number of hydrogen-bond donors (Lipinski definition) is 0. The Balaban J connectivity index is 2.23. The SMILES string of the molecule is O=[N+]([O-])c1cc(Cl)ccc1COc1cc(F)ccc1Br. The zero-order valence-corrected chi connectivity index (χ0v) is 12.3. The lowest BCUT2D eigenvalue weighted by molar-refractivity contribution is -0.385. The smallest absolute Gasteiger partial charge is 0.277 e. The molecule has 4 nitrogen and oxygen atoms in total. The van der Waals surface area contributed by atoms with E-state index in [1.165, 1.54) is 36.4 Å². The second-order valence-electron chi connectivity index (χ2n) is 3.89. The fourth-order valence-electron chi connectivity index (χ4n) is 1.57. The summed E-state index contributed by atoms with van der Waals surface area (Å²) >= 11 is 8.94. The van der Waals surface area contributed by atoms with Crippen LogP contribution in [0.4, 0.5) is 10.1 Å². The average molecular weight is 361 g/mol. The highest BCUT2D eigenvalue weighted by atomic mass is 79.9. The van der Waals surface area contributed by atoms with Crippen LogP contribution in [0.25, 0.3) is 0 Å². The number of halogens is 3. The lowest BCUT2D eigenvalue weighted by Crippen LogP contribution is -2.01. The Kier molecular flexibility index (Phi) is 4.57. The summed E-state index contributed by atoms with van der Waals surface area (Å²) in [4.78, 5) is 10.4. The van der Waals surface area contributed by atoms with Gasteiger partial charge in [0.05, 0.1) is 15.0 Å². The van der Waals surface area contributed by atoms with E-state index in [0.717, 1.165) is 0 Å². The molecule has 2 rings (SSSR count). The van der Waals surface area contributed by atoms with E-state index in [1.54, 1.807) is 0 Å². The minimum Gasteiger partial charge on any atom is -0.487 e. The molecule has 0 fully saturated rings. The topological polar surface area (TPSA) is 52.4 Å². The molecule has 0 spiro atoms. The average Bonchev–Trinajstić information content (AvgIpc) is 2.40. The van der Waals surface area contributed by atoms with Crippen molar-refractivity contribution < 1.29 is 14.1 Å². The minimum atomic E-state index is -0.537. The van der Waals surface area contributed by atoms with Crippen molar-refractivity contribution in [3.05, 3.63) is 67.4 Å². The monoisotopic (exact) mass is 359 g/mol. The van der Waals surface area contributed by atoms with Crippen LogP contribution in [0.15, 0.2) is 40.9 Å². The van der Waals surface area contributed by atoms with Crippen LogP contribution in [0.3, 0.4) is 0 Å². The first kappa shape index (κ1) is 14.7. The van der Waals surface area contributed by atoms with Gasteiger partial charge in [0.1, 0.15) is 18.2 Å². The third-order valence-electron chi connectivity index (χ3n) is 2.52. The minimum absolute atomic E-state index is 0.0600. The highest BCUT2D eigenvalue weighted by Gasteiger charge is 2.15. The maximum atomic E-state index is 13.1. The van der Waals surface area contributed by atoms with Crippen LogP contribution < -0.4 is 4.74 Å². The van der Waals surface area contributed by atoms with Gasteiger partial charge in [0.15, 0.2) is 0 Å². The first-order valence-electron chi connectivity index (χ1n) is 5.48. The second kappa shape index (κ2) is 6.19. The predicted molar refractivity (Wildman–Crippen MR) is 76.5 cm³/mol. The molecule has 20 heavy (non-hydrogen) atoms. The second-order valence-corrected chi connectivity index (χ2v) is 5.18. The van der Waals surface area contributed by atoms with E-state index in [-0.39, 0.29) is 23.1 Å². The molecule has 0 radical (unpaired) electrons. The molecule has 0 saturated heterocycles. The molecule has 0 atom stereocenters. The molecule has 0 N–H and O–H groups in total. The van der Waals surface area contributed by atoms with Crippen LogP contribution >= 0.6 is 27.5 Å². The van der Waals surface area contributed by atoms with Crippen molar-refractivity contribution in [1.29, 1.82) is 0 Å². The molecule has 2 aromatic rings. The summed E-state index contributed by atoms with van der Waals surface area (Å²) < 4.78 is 19.1. The fourth-order valence-corrected chi connectivity index (χ4v) is 2.10. The summed E-state index contributed by atoms with van der Waals surface area (Å²) in [6.45, 7) is -0.0600. The van der Waals surface area contributed by atoms with Gasteiger partial charge >= 0.3 is 0 Å². The first-order valence-corrected chi connectivity index (χ1v) is 6.65. The third kappa shape index (κ3) is 3.46. The Morgan fingerprint density at radius 3 is 2.75 bits per heavy atom. The van der Waals surface area contributed by atoms with Crippen LogP contribution in [-0.2, 0) is 6.61 Å². The normalized spacial score (nSPS) is 10.3. The number of nitrogens with zero attached hydrogens (tertiary/aromatic N) is 1. The van der Waals surface area contributed by atoms with Gasteiger partial charge in [0, 0.05) is 17.2 Å². The van der Waals surface area contributed by atoms with E-state index in [0.29, 0.717) is 10.0 Å². The zero-order valence-electron chi connectivity index (χ0n) is 9.98. The van der Waals surface area contributed by atoms with Crippen molar-refractivity contribution in [3.8, 4) is 5.75 Å². The molecular weight excluding hydrogens is 353 g/mol. The quantitative estimate of drug-likeness (QED) is 0.585. The number of nitro benzene ring substituents is 1. The molecule has 0 aliphatic heterocycles. The molecule has 7 heteroatoms. The van der Waals surface area contributed by atoms with Gasteiger partial charge in [0.25, 0.3) is 5.69 Å². The van der Waals surface area contributed by atoms with Gasteiger partial charge in [-0.1, -0.05) is 11.6 Å². The van der Waals surface area contributed by atoms with Crippen molar-refractivity contribution >= 4 is 33.2 Å². The van der Waals surface area contributed by atoms with E-state index in [4.69, 9.17) is 16.3 Å². The number of nitro groups is 1. The first-order chi connectivity index (χ1) is 9.47. The Morgan fingerprint density at radius 2 is 2.05 bits per heavy atom. The van der Waals surface area contributed by atoms with Crippen molar-refractivity contribution in [3.63, 3.8) is 0 Å². The van der Waals surface area contributed by atoms with E-state index in [1.807, 2.05) is 0 Å². The lowest BCUT2D eigenvalue weighted by Gasteiger charge is -2.09. The van der Waals surface area contributed by atoms with Crippen LogP contribution in [0, 0.1) is 15.9 Å². The highest BCUT2D eigenvalue weighted by molar-refractivity contribution is 9.10. The molecule has 0 unspecified atom stereocenters. The Bertz CT molecular complexity index is 666. The summed E-state index contributed by atoms with van der Waals surface area (Å²) in [7, 11) is 0. The molecule has 0 aliphatic rings. The van der Waals surface area contributed by atoms with E-state index >= 15 is 0 Å². The third-order valence-corrected chi connectivity index (χ3v) is 3.41. The maximum Gasteiger partial charge on any atom is 0.277 e. The largest absolute Gasteiger partial charge is 0.487 e. The number of hydrogen-bond acceptors (Lipinski definition) is 3. The van der Waals surface area contributed by atoms with E-state index in [9.17, 15) is 14.5 Å². The van der Waals surface area contributed by atoms with Gasteiger partial charge in [-0.05, 0) is 40.2 Å². The Morgan fingerprint density at radius 1 is 1.30 bits per heavy atom. The number of rotatable bonds is 4. The predicted octanol–water partition coefficient (Wildman–Crippen LogP) is 4.73. The highest BCUT2D eigenvalue weighted by Crippen LogP contribution is 2.28. The molecule has 2 aromatic carbocycles. The Hall–Kier alpha value is -1.66. The van der Waals surface area contributed by atoms with E-state index in [2.05, 4.69) is 15.9 Å². The van der Waals surface area contributed by atoms with Crippen molar-refractivity contribution in [2.45, 2.75) is 6.61 Å². The molecule has 0 bridgehead atoms. The zero-order chi connectivity index (χ0) is 14.7. The van der Waals surface area contributed by atoms with Gasteiger partial charge in [0.2, 0.25) is 0 Å². The number of benzene rings is 2. The van der Waals surface area contributed by atoms with Crippen molar-refractivity contribution in [2.24, 2.45) is 0 Å². The van der Waals surface area contributed by atoms with Crippen molar-refractivity contribution in [1.82, 2.24) is 0 Å². The summed E-state index contributed by atoms with van der Waals surface area (Å²) in [5.74, 6) is -0.178. The summed E-state index contributed by atoms with van der Waals surface area (Å²) in [5, 5.41) is 11.2. The summed E-state index contributed by atoms with van der Waals surface area (Å²) in [5.41, 5.74) is 0.223. The van der Waals surface area contributed by atoms with E-state index < -0.39 is 10.7 Å². The maximum absolute atomic E-state index is 13.1. The van der Waals surface area contributed by atoms with Crippen LogP contribution in [0.5, 0.6) is 5.75 Å². The molecule has 0 amide bonds. The fraction of sp³-hybridized carbons (Fsp3) is 0.0769. The molecular formula is C13H8BrClFNO3. The molecule has 0 aliphatic carbocycles. The van der Waals surface area contributed by atoms with Crippen molar-refractivity contribution in [2.75, 3.05) is 0 Å². The Labute approximate surface area is 127 Å². The molecule has 0 heterocycles. The molecule has 0 saturated carbocycles. The summed E-state index contributed by atoms with van der Waals surface area (Å²) in [6.07, 6.45) is 0. The van der Waals surface area contributed by atoms with Gasteiger partial charge in [-0.15, -0.1) is 0 Å². The molecule has 104 valence electrons. The standard InChI is InChI=1S/C13H8BrClFNO3/c14-11-4-3-10(16)6-13(11)20-7-8-1-2-9(15)5-12(8)17(18)19/h1-6H,7H2. The van der Waals surface area contributed by atoms with Gasteiger partial charge < -0.3 is 4.74 Å². The lowest BCUT2D eigenvalue weighted by atomic mass is 10.2. The van der Waals surface area contributed by atoms with Gasteiger partial charge in [-0.25, -0.2) is 4.39 Å². The number of ether oxygens (including phenoxy) is 1. The van der Waals surface area contributed by atoms with Crippen LogP contribution in [0.1, 0.15) is 5.56 Å².